The highest BCUT2D eigenvalue weighted by molar-refractivity contribution is 7.16. The van der Waals surface area contributed by atoms with Gasteiger partial charge < -0.3 is 9.80 Å². The fourth-order valence-corrected chi connectivity index (χ4v) is 5.28. The summed E-state index contributed by atoms with van der Waals surface area (Å²) in [5.74, 6) is -0.930. The Labute approximate surface area is 202 Å². The number of aryl methyl sites for hydroxylation is 1. The number of anilines is 3. The van der Waals surface area contributed by atoms with Gasteiger partial charge in [-0.2, -0.15) is 10.4 Å². The van der Waals surface area contributed by atoms with Crippen LogP contribution in [-0.2, 0) is 6.42 Å². The lowest BCUT2D eigenvalue weighted by Gasteiger charge is -2.29. The molecule has 34 heavy (non-hydrogen) atoms. The first-order valence-corrected chi connectivity index (χ1v) is 12.1. The molecule has 4 aromatic rings. The van der Waals surface area contributed by atoms with Crippen LogP contribution < -0.4 is 9.80 Å². The molecule has 0 aliphatic carbocycles. The van der Waals surface area contributed by atoms with Gasteiger partial charge in [0.2, 0.25) is 0 Å². The molecule has 1 saturated heterocycles. The van der Waals surface area contributed by atoms with E-state index < -0.39 is 5.82 Å². The van der Waals surface area contributed by atoms with E-state index in [1.54, 1.807) is 18.2 Å². The zero-order chi connectivity index (χ0) is 24.7. The molecular formula is C25H24F2N6S. The highest BCUT2D eigenvalue weighted by Gasteiger charge is 2.24. The maximum Gasteiger partial charge on any atom is 0.191 e. The van der Waals surface area contributed by atoms with Gasteiger partial charge in [0.1, 0.15) is 22.5 Å². The van der Waals surface area contributed by atoms with Gasteiger partial charge in [-0.1, -0.05) is 18.3 Å². The standard InChI is InChI=1S/C25H24F2N6S/c1-3-19-24(21-13-20(18(27)15-33(21)30-19)32-11-5-4-6-12-32)31(2)25-29-23(22(14-28)34-25)16-7-9-17(26)10-8-16/h7-10,13,15H,3-6,11-12H2,1-2H3/i15D. The molecule has 0 saturated carbocycles. The van der Waals surface area contributed by atoms with Gasteiger partial charge in [0.15, 0.2) is 10.9 Å². The second-order valence-corrected chi connectivity index (χ2v) is 9.28. The highest BCUT2D eigenvalue weighted by Crippen LogP contribution is 2.39. The molecule has 0 N–H and O–H groups in total. The van der Waals surface area contributed by atoms with Gasteiger partial charge in [-0.25, -0.2) is 18.3 Å². The molecule has 174 valence electrons. The number of benzene rings is 1. The Morgan fingerprint density at radius 1 is 1.21 bits per heavy atom. The van der Waals surface area contributed by atoms with E-state index in [-0.39, 0.29) is 12.0 Å². The van der Waals surface area contributed by atoms with E-state index >= 15 is 4.39 Å². The molecule has 0 unspecified atom stereocenters. The van der Waals surface area contributed by atoms with Gasteiger partial charge >= 0.3 is 0 Å². The van der Waals surface area contributed by atoms with Crippen LogP contribution >= 0.6 is 11.3 Å². The van der Waals surface area contributed by atoms with Gasteiger partial charge in [-0.3, -0.25) is 0 Å². The van der Waals surface area contributed by atoms with Crippen molar-refractivity contribution in [1.29, 1.82) is 5.26 Å². The van der Waals surface area contributed by atoms with E-state index in [4.69, 9.17) is 6.35 Å². The summed E-state index contributed by atoms with van der Waals surface area (Å²) in [5.41, 5.74) is 3.60. The molecule has 3 aromatic heterocycles. The van der Waals surface area contributed by atoms with Crippen LogP contribution in [0.5, 0.6) is 0 Å². The second-order valence-electron chi connectivity index (χ2n) is 8.30. The van der Waals surface area contributed by atoms with Crippen molar-refractivity contribution in [3.63, 3.8) is 0 Å². The minimum Gasteiger partial charge on any atom is -0.369 e. The first-order valence-electron chi connectivity index (χ1n) is 11.8. The summed E-state index contributed by atoms with van der Waals surface area (Å²) in [6.45, 7) is 3.47. The Balaban J connectivity index is 1.64. The van der Waals surface area contributed by atoms with Crippen LogP contribution in [0.15, 0.2) is 36.5 Å². The number of rotatable bonds is 5. The molecule has 1 aliphatic heterocycles. The monoisotopic (exact) mass is 479 g/mol. The summed E-state index contributed by atoms with van der Waals surface area (Å²) in [6.07, 6.45) is 3.40. The number of hydrogen-bond acceptors (Lipinski definition) is 6. The van der Waals surface area contributed by atoms with Gasteiger partial charge in [0.25, 0.3) is 0 Å². The molecule has 9 heteroatoms. The van der Waals surface area contributed by atoms with Crippen LogP contribution in [0, 0.1) is 23.0 Å². The van der Waals surface area contributed by atoms with E-state index in [9.17, 15) is 9.65 Å². The number of nitrogens with zero attached hydrogens (tertiary/aromatic N) is 6. The van der Waals surface area contributed by atoms with Crippen LogP contribution in [-0.4, -0.2) is 34.7 Å². The lowest BCUT2D eigenvalue weighted by atomic mass is 10.1. The molecule has 0 atom stereocenters. The van der Waals surface area contributed by atoms with E-state index in [0.717, 1.165) is 38.0 Å². The normalized spacial score (nSPS) is 14.3. The van der Waals surface area contributed by atoms with E-state index in [0.29, 0.717) is 44.6 Å². The molecule has 1 fully saturated rings. The van der Waals surface area contributed by atoms with Gasteiger partial charge in [0.05, 0.1) is 30.1 Å². The molecule has 6 nitrogen and oxygen atoms in total. The topological polar surface area (TPSA) is 60.5 Å². The number of halogens is 2. The van der Waals surface area contributed by atoms with Crippen molar-refractivity contribution >= 4 is 33.4 Å². The van der Waals surface area contributed by atoms with Crippen LogP contribution in [0.1, 0.15) is 38.1 Å². The third-order valence-corrected chi connectivity index (χ3v) is 7.19. The number of aromatic nitrogens is 3. The summed E-state index contributed by atoms with van der Waals surface area (Å²) < 4.78 is 38.5. The van der Waals surface area contributed by atoms with Crippen LogP contribution in [0.25, 0.3) is 16.8 Å². The zero-order valence-electron chi connectivity index (χ0n) is 20.0. The largest absolute Gasteiger partial charge is 0.369 e. The van der Waals surface area contributed by atoms with Crippen LogP contribution in [0.2, 0.25) is 0 Å². The average Bonchev–Trinajstić information content (AvgIpc) is 3.48. The molecule has 0 spiro atoms. The lowest BCUT2D eigenvalue weighted by molar-refractivity contribution is 0.553. The van der Waals surface area contributed by atoms with Crippen molar-refractivity contribution in [2.45, 2.75) is 32.6 Å². The summed E-state index contributed by atoms with van der Waals surface area (Å²) in [4.78, 5) is 8.96. The zero-order valence-corrected chi connectivity index (χ0v) is 19.8. The Kier molecular flexibility index (Phi) is 5.59. The fraction of sp³-hybridized carbons (Fsp3) is 0.320. The van der Waals surface area contributed by atoms with E-state index in [2.05, 4.69) is 11.2 Å². The summed E-state index contributed by atoms with van der Waals surface area (Å²) in [6, 6.07) is 9.84. The Morgan fingerprint density at radius 2 is 1.94 bits per heavy atom. The van der Waals surface area contributed by atoms with Crippen molar-refractivity contribution in [3.8, 4) is 17.3 Å². The SMILES string of the molecule is [2H]c1c(F)c(N2CCCCC2)cc2c(N(C)c3nc(-c4ccc(F)cc4)c(C#N)s3)c(CC)nn12. The predicted octanol–water partition coefficient (Wildman–Crippen LogP) is 5.93. The summed E-state index contributed by atoms with van der Waals surface area (Å²) >= 11 is 1.22. The number of hydrogen-bond donors (Lipinski definition) is 0. The predicted molar refractivity (Wildman–Crippen MR) is 131 cm³/mol. The maximum atomic E-state index is 15.2. The first kappa shape index (κ1) is 21.1. The quantitative estimate of drug-likeness (QED) is 0.355. The Bertz CT molecular complexity index is 1430. The molecule has 0 bridgehead atoms. The van der Waals surface area contributed by atoms with Gasteiger partial charge in [-0.15, -0.1) is 0 Å². The third kappa shape index (κ3) is 3.88. The number of pyridine rings is 1. The number of nitriles is 1. The highest BCUT2D eigenvalue weighted by atomic mass is 32.1. The van der Waals surface area contributed by atoms with Gasteiger partial charge in [0, 0.05) is 25.7 Å². The minimum atomic E-state index is -0.571. The van der Waals surface area contributed by atoms with E-state index in [1.165, 1.54) is 28.0 Å². The van der Waals surface area contributed by atoms with Crippen LogP contribution in [0.4, 0.5) is 25.3 Å². The van der Waals surface area contributed by atoms with Crippen molar-refractivity contribution in [2.75, 3.05) is 29.9 Å². The number of thiazole rings is 1. The molecule has 1 aromatic carbocycles. The van der Waals surface area contributed by atoms with Crippen molar-refractivity contribution in [1.82, 2.24) is 14.6 Å². The molecule has 4 heterocycles. The van der Waals surface area contributed by atoms with Crippen molar-refractivity contribution < 1.29 is 10.2 Å². The lowest BCUT2D eigenvalue weighted by Crippen LogP contribution is -2.30. The minimum absolute atomic E-state index is 0.277. The summed E-state index contributed by atoms with van der Waals surface area (Å²) in [7, 11) is 1.83. The molecule has 0 radical (unpaired) electrons. The second kappa shape index (κ2) is 9.03. The number of fused-ring (bicyclic) bond motifs is 1. The average molecular weight is 480 g/mol. The Hall–Kier alpha value is -3.51. The Morgan fingerprint density at radius 3 is 2.62 bits per heavy atom. The smallest absolute Gasteiger partial charge is 0.191 e. The molecular weight excluding hydrogens is 454 g/mol. The van der Waals surface area contributed by atoms with Crippen LogP contribution in [0.3, 0.4) is 0 Å². The first-order chi connectivity index (χ1) is 16.9. The molecule has 1 aliphatic rings. The number of piperidine rings is 1. The van der Waals surface area contributed by atoms with E-state index in [1.807, 2.05) is 23.8 Å². The molecule has 0 amide bonds. The fourth-order valence-electron chi connectivity index (χ4n) is 4.42. The molecule has 5 rings (SSSR count). The maximum absolute atomic E-state index is 15.2. The van der Waals surface area contributed by atoms with Crippen molar-refractivity contribution in [2.24, 2.45) is 0 Å². The van der Waals surface area contributed by atoms with Gasteiger partial charge in [-0.05, 0) is 56.0 Å². The van der Waals surface area contributed by atoms with Crippen molar-refractivity contribution in [3.05, 3.63) is 58.7 Å². The summed E-state index contributed by atoms with van der Waals surface area (Å²) in [5, 5.41) is 14.8. The third-order valence-electron chi connectivity index (χ3n) is 6.16.